The summed E-state index contributed by atoms with van der Waals surface area (Å²) in [5, 5.41) is 8.86. The van der Waals surface area contributed by atoms with Crippen LogP contribution >= 0.6 is 0 Å². The van der Waals surface area contributed by atoms with Gasteiger partial charge in [-0.3, -0.25) is 0 Å². The smallest absolute Gasteiger partial charge is 0.391 e. The highest BCUT2D eigenvalue weighted by Crippen LogP contribution is 2.09. The van der Waals surface area contributed by atoms with Gasteiger partial charge in [-0.25, -0.2) is 9.89 Å². The Balaban J connectivity index is 2.81. The predicted octanol–water partition coefficient (Wildman–Crippen LogP) is 0.0334. The van der Waals surface area contributed by atoms with Crippen molar-refractivity contribution in [3.63, 3.8) is 0 Å². The van der Waals surface area contributed by atoms with Crippen LogP contribution in [-0.4, -0.2) is 17.2 Å². The molecule has 2 N–H and O–H groups in total. The highest BCUT2D eigenvalue weighted by molar-refractivity contribution is 4.84. The summed E-state index contributed by atoms with van der Waals surface area (Å²) in [6, 6.07) is 0.0222. The molecule has 1 unspecified atom stereocenters. The van der Waals surface area contributed by atoms with E-state index in [-0.39, 0.29) is 6.04 Å². The van der Waals surface area contributed by atoms with Gasteiger partial charge in [0.15, 0.2) is 0 Å². The second-order valence-electron chi connectivity index (χ2n) is 2.20. The molecule has 5 nitrogen and oxygen atoms in total. The van der Waals surface area contributed by atoms with E-state index in [1.165, 1.54) is 0 Å². The van der Waals surface area contributed by atoms with E-state index in [0.717, 1.165) is 6.42 Å². The predicted molar refractivity (Wildman–Crippen MR) is 39.2 cm³/mol. The quantitative estimate of drug-likeness (QED) is 0.649. The zero-order chi connectivity index (χ0) is 8.27. The maximum absolute atomic E-state index is 10.5. The molecule has 0 aliphatic rings. The van der Waals surface area contributed by atoms with Crippen LogP contribution in [0.4, 0.5) is 0 Å². The van der Waals surface area contributed by atoms with Gasteiger partial charge in [0.1, 0.15) is 0 Å². The molecule has 0 bridgehead atoms. The molecule has 0 amide bonds. The SMILES string of the molecule is CCC(NC)c1n[nH]c(=O)o1. The first-order valence-electron chi connectivity index (χ1n) is 3.50. The number of rotatable bonds is 3. The third-order valence-corrected chi connectivity index (χ3v) is 1.51. The van der Waals surface area contributed by atoms with E-state index in [1.54, 1.807) is 7.05 Å². The number of nitrogens with one attached hydrogen (secondary N) is 2. The number of hydrogen-bond acceptors (Lipinski definition) is 4. The number of aromatic nitrogens is 2. The fourth-order valence-corrected chi connectivity index (χ4v) is 0.893. The van der Waals surface area contributed by atoms with Crippen LogP contribution in [0.1, 0.15) is 25.3 Å². The van der Waals surface area contributed by atoms with Gasteiger partial charge >= 0.3 is 5.76 Å². The third kappa shape index (κ3) is 1.68. The van der Waals surface area contributed by atoms with E-state index >= 15 is 0 Å². The van der Waals surface area contributed by atoms with Gasteiger partial charge in [0.2, 0.25) is 5.89 Å². The molecule has 0 radical (unpaired) electrons. The molecule has 0 spiro atoms. The molecule has 0 aliphatic carbocycles. The number of aromatic amines is 1. The zero-order valence-corrected chi connectivity index (χ0v) is 6.55. The Bertz CT molecular complexity index is 261. The Morgan fingerprint density at radius 3 is 2.91 bits per heavy atom. The van der Waals surface area contributed by atoms with E-state index in [9.17, 15) is 4.79 Å². The van der Waals surface area contributed by atoms with Crippen LogP contribution in [0.3, 0.4) is 0 Å². The first-order chi connectivity index (χ1) is 5.27. The Morgan fingerprint density at radius 2 is 2.55 bits per heavy atom. The number of hydrogen-bond donors (Lipinski definition) is 2. The maximum atomic E-state index is 10.5. The molecule has 0 saturated carbocycles. The summed E-state index contributed by atoms with van der Waals surface area (Å²) in [5.41, 5.74) is 0. The van der Waals surface area contributed by atoms with Gasteiger partial charge in [-0.05, 0) is 13.5 Å². The molecule has 1 atom stereocenters. The van der Waals surface area contributed by atoms with Crippen LogP contribution in [0.5, 0.6) is 0 Å². The standard InChI is InChI=1S/C6H11N3O2/c1-3-4(7-2)5-8-9-6(10)11-5/h4,7H,3H2,1-2H3,(H,9,10). The normalized spacial score (nSPS) is 13.3. The lowest BCUT2D eigenvalue weighted by molar-refractivity contribution is 0.391. The van der Waals surface area contributed by atoms with Gasteiger partial charge in [0.25, 0.3) is 0 Å². The van der Waals surface area contributed by atoms with Gasteiger partial charge < -0.3 is 9.73 Å². The average molecular weight is 157 g/mol. The third-order valence-electron chi connectivity index (χ3n) is 1.51. The monoisotopic (exact) mass is 157 g/mol. The second kappa shape index (κ2) is 3.34. The van der Waals surface area contributed by atoms with Gasteiger partial charge in [0.05, 0.1) is 6.04 Å². The molecule has 1 heterocycles. The van der Waals surface area contributed by atoms with Gasteiger partial charge in [-0.15, -0.1) is 5.10 Å². The summed E-state index contributed by atoms with van der Waals surface area (Å²) in [4.78, 5) is 10.5. The van der Waals surface area contributed by atoms with Crippen LogP contribution in [0.15, 0.2) is 9.21 Å². The van der Waals surface area contributed by atoms with Crippen molar-refractivity contribution < 1.29 is 4.42 Å². The average Bonchev–Trinajstić information content (AvgIpc) is 2.39. The van der Waals surface area contributed by atoms with Crippen molar-refractivity contribution >= 4 is 0 Å². The molecular weight excluding hydrogens is 146 g/mol. The molecule has 0 aromatic carbocycles. The second-order valence-corrected chi connectivity index (χ2v) is 2.20. The lowest BCUT2D eigenvalue weighted by Gasteiger charge is -2.06. The molecule has 0 saturated heterocycles. The van der Waals surface area contributed by atoms with Crippen molar-refractivity contribution in [2.45, 2.75) is 19.4 Å². The summed E-state index contributed by atoms with van der Waals surface area (Å²) < 4.78 is 4.74. The molecule has 1 aromatic rings. The van der Waals surface area contributed by atoms with Crippen molar-refractivity contribution in [1.82, 2.24) is 15.5 Å². The lowest BCUT2D eigenvalue weighted by atomic mass is 10.2. The minimum absolute atomic E-state index is 0.0222. The molecule has 1 rings (SSSR count). The van der Waals surface area contributed by atoms with Crippen LogP contribution < -0.4 is 11.1 Å². The fraction of sp³-hybridized carbons (Fsp3) is 0.667. The van der Waals surface area contributed by atoms with Gasteiger partial charge in [-0.1, -0.05) is 6.92 Å². The lowest BCUT2D eigenvalue weighted by Crippen LogP contribution is -2.15. The first-order valence-corrected chi connectivity index (χ1v) is 3.50. The van der Waals surface area contributed by atoms with E-state index in [4.69, 9.17) is 4.42 Å². The Labute approximate surface area is 63.8 Å². The highest BCUT2D eigenvalue weighted by atomic mass is 16.4. The van der Waals surface area contributed by atoms with Crippen LogP contribution in [-0.2, 0) is 0 Å². The van der Waals surface area contributed by atoms with Crippen LogP contribution in [0.25, 0.3) is 0 Å². The summed E-state index contributed by atoms with van der Waals surface area (Å²) in [5.74, 6) is -0.0892. The Kier molecular flexibility index (Phi) is 2.43. The number of H-pyrrole nitrogens is 1. The van der Waals surface area contributed by atoms with E-state index in [2.05, 4.69) is 15.5 Å². The van der Waals surface area contributed by atoms with E-state index < -0.39 is 5.76 Å². The van der Waals surface area contributed by atoms with Crippen molar-refractivity contribution in [1.29, 1.82) is 0 Å². The van der Waals surface area contributed by atoms with E-state index in [1.807, 2.05) is 6.92 Å². The van der Waals surface area contributed by atoms with Crippen molar-refractivity contribution in [2.75, 3.05) is 7.05 Å². The molecule has 11 heavy (non-hydrogen) atoms. The van der Waals surface area contributed by atoms with Crippen LogP contribution in [0, 0.1) is 0 Å². The summed E-state index contributed by atoms with van der Waals surface area (Å²) >= 11 is 0. The fourth-order valence-electron chi connectivity index (χ4n) is 0.893. The maximum Gasteiger partial charge on any atom is 0.434 e. The van der Waals surface area contributed by atoms with Gasteiger partial charge in [0, 0.05) is 0 Å². The zero-order valence-electron chi connectivity index (χ0n) is 6.55. The highest BCUT2D eigenvalue weighted by Gasteiger charge is 2.11. The molecule has 62 valence electrons. The summed E-state index contributed by atoms with van der Waals surface area (Å²) in [6.45, 7) is 1.98. The minimum atomic E-state index is -0.506. The Morgan fingerprint density at radius 1 is 1.82 bits per heavy atom. The van der Waals surface area contributed by atoms with Crippen molar-refractivity contribution in [2.24, 2.45) is 0 Å². The molecule has 5 heteroatoms. The summed E-state index contributed by atoms with van der Waals surface area (Å²) in [7, 11) is 1.79. The van der Waals surface area contributed by atoms with Crippen molar-refractivity contribution in [3.05, 3.63) is 16.4 Å². The molecule has 1 aromatic heterocycles. The van der Waals surface area contributed by atoms with Crippen molar-refractivity contribution in [3.8, 4) is 0 Å². The topological polar surface area (TPSA) is 70.9 Å². The van der Waals surface area contributed by atoms with Gasteiger partial charge in [-0.2, -0.15) is 0 Å². The Hall–Kier alpha value is -1.10. The van der Waals surface area contributed by atoms with Crippen LogP contribution in [0.2, 0.25) is 0 Å². The van der Waals surface area contributed by atoms with E-state index in [0.29, 0.717) is 5.89 Å². The first kappa shape index (κ1) is 8.00. The minimum Gasteiger partial charge on any atom is -0.391 e. The molecule has 0 fully saturated rings. The molecular formula is C6H11N3O2. The summed E-state index contributed by atoms with van der Waals surface area (Å²) in [6.07, 6.45) is 0.838. The number of nitrogens with zero attached hydrogens (tertiary/aromatic N) is 1. The molecule has 0 aliphatic heterocycles. The largest absolute Gasteiger partial charge is 0.434 e.